The van der Waals surface area contributed by atoms with Crippen molar-refractivity contribution in [2.24, 2.45) is 4.99 Å². The van der Waals surface area contributed by atoms with E-state index in [0.717, 1.165) is 11.3 Å². The van der Waals surface area contributed by atoms with E-state index in [4.69, 9.17) is 11.6 Å². The van der Waals surface area contributed by atoms with E-state index in [1.54, 1.807) is 12.1 Å². The molecular formula is C17H16ClFN2. The van der Waals surface area contributed by atoms with Gasteiger partial charge in [-0.25, -0.2) is 4.39 Å². The van der Waals surface area contributed by atoms with Crippen LogP contribution in [0.25, 0.3) is 0 Å². The van der Waals surface area contributed by atoms with Gasteiger partial charge in [-0.3, -0.25) is 4.99 Å². The molecule has 4 heteroatoms. The molecule has 0 aromatic heterocycles. The summed E-state index contributed by atoms with van der Waals surface area (Å²) in [6.45, 7) is 0.554. The Labute approximate surface area is 128 Å². The van der Waals surface area contributed by atoms with Crippen LogP contribution in [0.2, 0.25) is 0 Å². The van der Waals surface area contributed by atoms with Crippen LogP contribution in [-0.2, 0) is 0 Å². The largest absolute Gasteiger partial charge is 0.368 e. The normalized spacial score (nSPS) is 18.0. The summed E-state index contributed by atoms with van der Waals surface area (Å²) in [4.78, 5) is 6.77. The molecule has 1 unspecified atom stereocenters. The first-order valence-electron chi connectivity index (χ1n) is 6.90. The maximum absolute atomic E-state index is 14.2. The molecule has 0 N–H and O–H groups in total. The lowest BCUT2D eigenvalue weighted by molar-refractivity contribution is 0.625. The Morgan fingerprint density at radius 1 is 1.14 bits per heavy atom. The van der Waals surface area contributed by atoms with E-state index in [1.165, 1.54) is 6.07 Å². The van der Waals surface area contributed by atoms with Crippen molar-refractivity contribution < 1.29 is 4.39 Å². The standard InChI is InChI=1S/C17H16ClFN2/c1-21-12(10-18)11-20-17(13-6-2-4-8-15(13)19)14-7-3-5-9-16(14)21/h2-9,12H,10-11H2,1H3. The molecule has 0 fully saturated rings. The molecule has 108 valence electrons. The van der Waals surface area contributed by atoms with Crippen LogP contribution >= 0.6 is 11.6 Å². The molecule has 1 heterocycles. The molecule has 0 amide bonds. The van der Waals surface area contributed by atoms with E-state index < -0.39 is 0 Å². The fourth-order valence-corrected chi connectivity index (χ4v) is 2.92. The lowest BCUT2D eigenvalue weighted by atomic mass is 10.00. The van der Waals surface area contributed by atoms with E-state index in [-0.39, 0.29) is 11.9 Å². The van der Waals surface area contributed by atoms with Crippen LogP contribution in [0.15, 0.2) is 53.5 Å². The van der Waals surface area contributed by atoms with Crippen molar-refractivity contribution in [3.05, 3.63) is 65.5 Å². The van der Waals surface area contributed by atoms with Crippen molar-refractivity contribution in [2.75, 3.05) is 24.4 Å². The first kappa shape index (κ1) is 14.1. The minimum atomic E-state index is -0.252. The van der Waals surface area contributed by atoms with Crippen molar-refractivity contribution in [1.29, 1.82) is 0 Å². The molecule has 1 aliphatic rings. The molecule has 1 aliphatic heterocycles. The van der Waals surface area contributed by atoms with Crippen LogP contribution in [0, 0.1) is 5.82 Å². The number of aliphatic imine (C=N–C) groups is 1. The molecular weight excluding hydrogens is 287 g/mol. The van der Waals surface area contributed by atoms with E-state index in [1.807, 2.05) is 37.4 Å². The van der Waals surface area contributed by atoms with E-state index in [2.05, 4.69) is 9.89 Å². The average molecular weight is 303 g/mol. The number of rotatable bonds is 2. The van der Waals surface area contributed by atoms with E-state index in [0.29, 0.717) is 23.7 Å². The highest BCUT2D eigenvalue weighted by Gasteiger charge is 2.24. The molecule has 0 bridgehead atoms. The van der Waals surface area contributed by atoms with Crippen LogP contribution in [-0.4, -0.2) is 31.2 Å². The monoisotopic (exact) mass is 302 g/mol. The first-order valence-corrected chi connectivity index (χ1v) is 7.43. The summed E-state index contributed by atoms with van der Waals surface area (Å²) in [6.07, 6.45) is 0. The molecule has 2 aromatic rings. The number of alkyl halides is 1. The Morgan fingerprint density at radius 3 is 2.52 bits per heavy atom. The second-order valence-electron chi connectivity index (χ2n) is 5.11. The van der Waals surface area contributed by atoms with Crippen molar-refractivity contribution >= 4 is 23.0 Å². The molecule has 2 aromatic carbocycles. The maximum Gasteiger partial charge on any atom is 0.132 e. The van der Waals surface area contributed by atoms with Crippen LogP contribution in [0.5, 0.6) is 0 Å². The van der Waals surface area contributed by atoms with Gasteiger partial charge in [0.05, 0.1) is 18.3 Å². The summed E-state index contributed by atoms with van der Waals surface area (Å²) in [5.74, 6) is 0.233. The van der Waals surface area contributed by atoms with Crippen molar-refractivity contribution in [3.63, 3.8) is 0 Å². The quantitative estimate of drug-likeness (QED) is 0.772. The Hall–Kier alpha value is -1.87. The molecule has 0 saturated heterocycles. The average Bonchev–Trinajstić information content (AvgIpc) is 2.65. The second-order valence-corrected chi connectivity index (χ2v) is 5.41. The van der Waals surface area contributed by atoms with Crippen LogP contribution in [0.4, 0.5) is 10.1 Å². The molecule has 21 heavy (non-hydrogen) atoms. The van der Waals surface area contributed by atoms with Gasteiger partial charge in [-0.1, -0.05) is 30.3 Å². The molecule has 2 nitrogen and oxygen atoms in total. The minimum absolute atomic E-state index is 0.108. The Morgan fingerprint density at radius 2 is 1.81 bits per heavy atom. The van der Waals surface area contributed by atoms with Gasteiger partial charge in [-0.2, -0.15) is 0 Å². The van der Waals surface area contributed by atoms with Gasteiger partial charge in [-0.15, -0.1) is 11.6 Å². The highest BCUT2D eigenvalue weighted by atomic mass is 35.5. The maximum atomic E-state index is 14.2. The molecule has 0 aliphatic carbocycles. The number of fused-ring (bicyclic) bond motifs is 1. The van der Waals surface area contributed by atoms with Gasteiger partial charge >= 0.3 is 0 Å². The van der Waals surface area contributed by atoms with Crippen LogP contribution in [0.3, 0.4) is 0 Å². The first-order chi connectivity index (χ1) is 10.2. The predicted molar refractivity (Wildman–Crippen MR) is 86.3 cm³/mol. The van der Waals surface area contributed by atoms with Crippen molar-refractivity contribution in [2.45, 2.75) is 6.04 Å². The zero-order valence-corrected chi connectivity index (χ0v) is 12.5. The Kier molecular flexibility index (Phi) is 3.93. The van der Waals surface area contributed by atoms with Crippen molar-refractivity contribution in [1.82, 2.24) is 0 Å². The number of benzodiazepines with no additional fused rings is 1. The number of likely N-dealkylation sites (N-methyl/N-ethyl adjacent to an activating group) is 1. The molecule has 0 radical (unpaired) electrons. The van der Waals surface area contributed by atoms with Crippen LogP contribution in [0.1, 0.15) is 11.1 Å². The number of nitrogens with zero attached hydrogens (tertiary/aromatic N) is 2. The third kappa shape index (κ3) is 2.54. The van der Waals surface area contributed by atoms with E-state index in [9.17, 15) is 4.39 Å². The summed E-state index contributed by atoms with van der Waals surface area (Å²) in [5, 5.41) is 0. The lowest BCUT2D eigenvalue weighted by Crippen LogP contribution is -2.35. The number of anilines is 1. The Bertz CT molecular complexity index is 684. The summed E-state index contributed by atoms with van der Waals surface area (Å²) >= 11 is 6.05. The topological polar surface area (TPSA) is 15.6 Å². The number of hydrogen-bond donors (Lipinski definition) is 0. The summed E-state index contributed by atoms with van der Waals surface area (Å²) < 4.78 is 14.2. The minimum Gasteiger partial charge on any atom is -0.368 e. The Balaban J connectivity index is 2.19. The zero-order chi connectivity index (χ0) is 14.8. The summed E-state index contributed by atoms with van der Waals surface area (Å²) in [5.41, 5.74) is 3.21. The van der Waals surface area contributed by atoms with Gasteiger partial charge in [0.25, 0.3) is 0 Å². The number of para-hydroxylation sites is 1. The number of hydrogen-bond acceptors (Lipinski definition) is 2. The number of benzene rings is 2. The highest BCUT2D eigenvalue weighted by molar-refractivity contribution is 6.19. The van der Waals surface area contributed by atoms with Gasteiger partial charge in [0.1, 0.15) is 5.82 Å². The summed E-state index contributed by atoms with van der Waals surface area (Å²) in [6, 6.07) is 14.8. The van der Waals surface area contributed by atoms with Gasteiger partial charge in [-0.05, 0) is 18.2 Å². The van der Waals surface area contributed by atoms with Crippen molar-refractivity contribution in [3.8, 4) is 0 Å². The predicted octanol–water partition coefficient (Wildman–Crippen LogP) is 3.72. The van der Waals surface area contributed by atoms with Gasteiger partial charge in [0.2, 0.25) is 0 Å². The third-order valence-corrected chi connectivity index (χ3v) is 4.21. The molecule has 3 rings (SSSR count). The molecule has 0 saturated carbocycles. The summed E-state index contributed by atoms with van der Waals surface area (Å²) in [7, 11) is 2.01. The highest BCUT2D eigenvalue weighted by Crippen LogP contribution is 2.28. The SMILES string of the molecule is CN1c2ccccc2C(c2ccccc2F)=NCC1CCl. The van der Waals surface area contributed by atoms with Gasteiger partial charge in [0, 0.05) is 29.7 Å². The zero-order valence-electron chi connectivity index (χ0n) is 11.8. The van der Waals surface area contributed by atoms with Gasteiger partial charge in [0.15, 0.2) is 0 Å². The molecule has 1 atom stereocenters. The van der Waals surface area contributed by atoms with Gasteiger partial charge < -0.3 is 4.90 Å². The van der Waals surface area contributed by atoms with Crippen LogP contribution < -0.4 is 4.90 Å². The fraction of sp³-hybridized carbons (Fsp3) is 0.235. The van der Waals surface area contributed by atoms with E-state index >= 15 is 0 Å². The third-order valence-electron chi connectivity index (χ3n) is 3.85. The lowest BCUT2D eigenvalue weighted by Gasteiger charge is -2.26. The number of halogens is 2. The molecule has 0 spiro atoms. The smallest absolute Gasteiger partial charge is 0.132 e. The second kappa shape index (κ2) is 5.86. The fourth-order valence-electron chi connectivity index (χ4n) is 2.62.